The molecule has 0 aromatic heterocycles. The molecule has 56 heavy (non-hydrogen) atoms. The number of aliphatic carboxylic acids is 1. The summed E-state index contributed by atoms with van der Waals surface area (Å²) in [6, 6.07) is 13.0. The molecule has 1 N–H and O–H groups in total. The van der Waals surface area contributed by atoms with Gasteiger partial charge in [0.25, 0.3) is 0 Å². The summed E-state index contributed by atoms with van der Waals surface area (Å²) in [4.78, 5) is 42.5. The van der Waals surface area contributed by atoms with E-state index in [2.05, 4.69) is 64.6 Å². The van der Waals surface area contributed by atoms with Gasteiger partial charge in [0.1, 0.15) is 6.10 Å². The fraction of sp³-hybridized carbons (Fsp3) is 0.796. The standard InChI is InChI=1S/C49H70N2O5/c1-42(2,41(54)55)30-38(52)56-37-18-19-45(6)35(43(37,3)4)17-20-47(8)36(45)15-14-34-39-33(44(5)22-23-44)16-21-49(39,25-24-46(34,47)7)40(53)51-28-26-48(31-50,27-29-51)32-12-10-9-11-13-32/h9-13,33-37,39H,14-30H2,1-8H3,(H,54,55)/t33-,34-,35+,36-,37+,39-,45+,46-,47-,49+/m1/s1. The number of hydrogen-bond acceptors (Lipinski definition) is 5. The first-order valence-electron chi connectivity index (χ1n) is 22.4. The Hall–Kier alpha value is -2.88. The van der Waals surface area contributed by atoms with Gasteiger partial charge >= 0.3 is 11.9 Å². The van der Waals surface area contributed by atoms with Gasteiger partial charge < -0.3 is 14.7 Å². The second-order valence-corrected chi connectivity index (χ2v) is 22.7. The average Bonchev–Trinajstić information content (AvgIpc) is 3.77. The highest BCUT2D eigenvalue weighted by Gasteiger charge is 2.74. The number of benzene rings is 1. The second kappa shape index (κ2) is 13.1. The van der Waals surface area contributed by atoms with Crippen molar-refractivity contribution in [2.24, 2.45) is 67.5 Å². The van der Waals surface area contributed by atoms with Gasteiger partial charge in [-0.25, -0.2) is 0 Å². The highest BCUT2D eigenvalue weighted by atomic mass is 16.5. The predicted molar refractivity (Wildman–Crippen MR) is 217 cm³/mol. The molecule has 6 saturated carbocycles. The molecule has 1 saturated heterocycles. The van der Waals surface area contributed by atoms with E-state index >= 15 is 4.79 Å². The van der Waals surface area contributed by atoms with Gasteiger partial charge in [0.2, 0.25) is 5.91 Å². The van der Waals surface area contributed by atoms with Gasteiger partial charge in [-0.05, 0) is 161 Å². The molecule has 1 aromatic rings. The van der Waals surface area contributed by atoms with Crippen molar-refractivity contribution < 1.29 is 24.2 Å². The smallest absolute Gasteiger partial charge is 0.309 e. The fourth-order valence-corrected chi connectivity index (χ4v) is 15.8. The molecule has 7 aliphatic rings. The molecule has 7 nitrogen and oxygen atoms in total. The van der Waals surface area contributed by atoms with Crippen molar-refractivity contribution in [2.75, 3.05) is 13.1 Å². The maximum atomic E-state index is 15.3. The zero-order valence-electron chi connectivity index (χ0n) is 35.8. The minimum Gasteiger partial charge on any atom is -0.481 e. The molecule has 1 amide bonds. The zero-order chi connectivity index (χ0) is 40.3. The van der Waals surface area contributed by atoms with Gasteiger partial charge in [0, 0.05) is 18.5 Å². The number of esters is 1. The van der Waals surface area contributed by atoms with E-state index in [0.717, 1.165) is 44.1 Å². The summed E-state index contributed by atoms with van der Waals surface area (Å²) in [7, 11) is 0. The monoisotopic (exact) mass is 767 g/mol. The van der Waals surface area contributed by atoms with Crippen molar-refractivity contribution in [3.8, 4) is 6.07 Å². The van der Waals surface area contributed by atoms with Crippen LogP contribution in [0.4, 0.5) is 0 Å². The van der Waals surface area contributed by atoms with Gasteiger partial charge in [-0.1, -0.05) is 71.9 Å². The SMILES string of the molecule is CC(C)(CC(=O)O[C@H]1CC[C@]2(C)[C@H]3CC[C@@H]4[C@H]5[C@H](C6(C)CC6)CC[C@]5(C(=O)N5CCC(C#N)(c6ccccc6)CC5)CC[C@@]4(C)[C@]3(C)CC[C@H]2C1(C)C)C(=O)O. The van der Waals surface area contributed by atoms with Crippen molar-refractivity contribution in [1.29, 1.82) is 5.26 Å². The normalized spacial score (nSPS) is 41.8. The Labute approximate surface area is 337 Å². The number of carbonyl (C=O) groups excluding carboxylic acids is 2. The molecule has 306 valence electrons. The van der Waals surface area contributed by atoms with Crippen molar-refractivity contribution >= 4 is 17.8 Å². The number of likely N-dealkylation sites (tertiary alicyclic amines) is 1. The molecule has 10 atom stereocenters. The number of rotatable bonds is 7. The maximum Gasteiger partial charge on any atom is 0.309 e. The highest BCUT2D eigenvalue weighted by molar-refractivity contribution is 5.84. The maximum absolute atomic E-state index is 15.3. The van der Waals surface area contributed by atoms with Gasteiger partial charge in [-0.15, -0.1) is 0 Å². The zero-order valence-corrected chi connectivity index (χ0v) is 35.8. The third-order valence-electron chi connectivity index (χ3n) is 19.6. The lowest BCUT2D eigenvalue weighted by Crippen LogP contribution is -2.68. The molecule has 0 radical (unpaired) electrons. The lowest BCUT2D eigenvalue weighted by atomic mass is 9.32. The van der Waals surface area contributed by atoms with E-state index in [-0.39, 0.29) is 39.6 Å². The Morgan fingerprint density at radius 2 is 1.46 bits per heavy atom. The lowest BCUT2D eigenvalue weighted by Gasteiger charge is -2.73. The van der Waals surface area contributed by atoms with Crippen LogP contribution in [-0.2, 0) is 24.5 Å². The van der Waals surface area contributed by atoms with E-state index in [1.54, 1.807) is 13.8 Å². The molecule has 7 heteroatoms. The highest BCUT2D eigenvalue weighted by Crippen LogP contribution is 2.79. The van der Waals surface area contributed by atoms with Gasteiger partial charge in [0.15, 0.2) is 0 Å². The van der Waals surface area contributed by atoms with Crippen LogP contribution in [0.1, 0.15) is 157 Å². The van der Waals surface area contributed by atoms with E-state index < -0.39 is 22.8 Å². The van der Waals surface area contributed by atoms with Gasteiger partial charge in [-0.2, -0.15) is 5.26 Å². The molecule has 7 fully saturated rings. The molecule has 1 heterocycles. The fourth-order valence-electron chi connectivity index (χ4n) is 15.8. The Kier molecular flexibility index (Phi) is 9.31. The Morgan fingerprint density at radius 3 is 2.09 bits per heavy atom. The van der Waals surface area contributed by atoms with Crippen molar-refractivity contribution in [3.05, 3.63) is 35.9 Å². The van der Waals surface area contributed by atoms with Crippen LogP contribution in [-0.4, -0.2) is 47.0 Å². The summed E-state index contributed by atoms with van der Waals surface area (Å²) in [6.07, 6.45) is 14.5. The minimum atomic E-state index is -1.15. The molecule has 0 bridgehead atoms. The molecule has 6 aliphatic carbocycles. The predicted octanol–water partition coefficient (Wildman–Crippen LogP) is 10.4. The number of nitriles is 1. The van der Waals surface area contributed by atoms with Crippen LogP contribution in [0.15, 0.2) is 30.3 Å². The van der Waals surface area contributed by atoms with Crippen LogP contribution in [0.5, 0.6) is 0 Å². The third-order valence-corrected chi connectivity index (χ3v) is 19.6. The van der Waals surface area contributed by atoms with E-state index in [4.69, 9.17) is 4.74 Å². The number of piperidine rings is 1. The Bertz CT molecular complexity index is 1780. The summed E-state index contributed by atoms with van der Waals surface area (Å²) >= 11 is 0. The number of ether oxygens (including phenoxy) is 1. The molecule has 0 unspecified atom stereocenters. The van der Waals surface area contributed by atoms with Crippen LogP contribution in [0.2, 0.25) is 0 Å². The third kappa shape index (κ3) is 5.62. The molecule has 8 rings (SSSR count). The minimum absolute atomic E-state index is 0.116. The van der Waals surface area contributed by atoms with Crippen LogP contribution in [0.3, 0.4) is 0 Å². The van der Waals surface area contributed by atoms with E-state index in [0.29, 0.717) is 66.8 Å². The molecular formula is C49H70N2O5. The number of nitrogens with zero attached hydrogens (tertiary/aromatic N) is 2. The molecule has 0 spiro atoms. The number of hydrogen-bond donors (Lipinski definition) is 1. The Morgan fingerprint density at radius 1 is 0.786 bits per heavy atom. The number of amides is 1. The van der Waals surface area contributed by atoms with Gasteiger partial charge in [0.05, 0.1) is 28.7 Å². The summed E-state index contributed by atoms with van der Waals surface area (Å²) in [5, 5.41) is 20.1. The van der Waals surface area contributed by atoms with Crippen LogP contribution in [0, 0.1) is 78.8 Å². The summed E-state index contributed by atoms with van der Waals surface area (Å²) in [5.41, 5.74) is -0.294. The van der Waals surface area contributed by atoms with Crippen LogP contribution < -0.4 is 0 Å². The largest absolute Gasteiger partial charge is 0.481 e. The number of carboxylic acid groups (broad SMARTS) is 1. The quantitative estimate of drug-likeness (QED) is 0.277. The first kappa shape index (κ1) is 39.9. The first-order chi connectivity index (χ1) is 26.2. The summed E-state index contributed by atoms with van der Waals surface area (Å²) in [6.45, 7) is 19.6. The summed E-state index contributed by atoms with van der Waals surface area (Å²) in [5.74, 6) is 1.58. The number of carbonyl (C=O) groups is 3. The summed E-state index contributed by atoms with van der Waals surface area (Å²) < 4.78 is 6.22. The molecule has 1 aromatic carbocycles. The topological polar surface area (TPSA) is 108 Å². The van der Waals surface area contributed by atoms with Crippen molar-refractivity contribution in [2.45, 2.75) is 163 Å². The lowest BCUT2D eigenvalue weighted by molar-refractivity contribution is -0.251. The molecular weight excluding hydrogens is 697 g/mol. The van der Waals surface area contributed by atoms with E-state index in [9.17, 15) is 20.0 Å². The van der Waals surface area contributed by atoms with E-state index in [1.807, 2.05) is 18.2 Å². The van der Waals surface area contributed by atoms with E-state index in [1.165, 1.54) is 38.5 Å². The average molecular weight is 767 g/mol. The van der Waals surface area contributed by atoms with Crippen molar-refractivity contribution in [1.82, 2.24) is 4.90 Å². The second-order valence-electron chi connectivity index (χ2n) is 22.7. The number of carboxylic acids is 1. The van der Waals surface area contributed by atoms with Crippen LogP contribution >= 0.6 is 0 Å². The van der Waals surface area contributed by atoms with Crippen LogP contribution in [0.25, 0.3) is 0 Å². The first-order valence-corrected chi connectivity index (χ1v) is 22.4. The molecule has 1 aliphatic heterocycles. The van der Waals surface area contributed by atoms with Gasteiger partial charge in [-0.3, -0.25) is 14.4 Å². The van der Waals surface area contributed by atoms with Crippen molar-refractivity contribution in [3.63, 3.8) is 0 Å². The number of fused-ring (bicyclic) bond motifs is 7. The Balaban J connectivity index is 1.05.